The molecule has 3 aromatic rings. The normalized spacial score (nSPS) is 17.4. The van der Waals surface area contributed by atoms with Gasteiger partial charge in [-0.2, -0.15) is 5.26 Å². The summed E-state index contributed by atoms with van der Waals surface area (Å²) in [6.07, 6.45) is 5.58. The number of nitriles is 1. The SMILES string of the molecule is CC(C)Oc1ccc(-c2ncc(-c3cccc4c3CCC4NSCCN3CCC3)s2)cc1C#N. The van der Waals surface area contributed by atoms with Crippen molar-refractivity contribution in [2.24, 2.45) is 0 Å². The van der Waals surface area contributed by atoms with Crippen LogP contribution in [-0.2, 0) is 6.42 Å². The molecule has 1 atom stereocenters. The van der Waals surface area contributed by atoms with Gasteiger partial charge in [-0.3, -0.25) is 4.72 Å². The van der Waals surface area contributed by atoms with Gasteiger partial charge in [-0.15, -0.1) is 11.3 Å². The predicted molar refractivity (Wildman–Crippen MR) is 141 cm³/mol. The van der Waals surface area contributed by atoms with Crippen molar-refractivity contribution in [2.75, 3.05) is 25.4 Å². The van der Waals surface area contributed by atoms with Crippen molar-refractivity contribution in [3.05, 3.63) is 59.3 Å². The Morgan fingerprint density at radius 2 is 2.18 bits per heavy atom. The van der Waals surface area contributed by atoms with E-state index in [4.69, 9.17) is 9.72 Å². The second kappa shape index (κ2) is 10.5. The monoisotopic (exact) mass is 490 g/mol. The zero-order valence-corrected chi connectivity index (χ0v) is 21.3. The highest BCUT2D eigenvalue weighted by Gasteiger charge is 2.25. The number of hydrogen-bond donors (Lipinski definition) is 1. The molecule has 1 saturated heterocycles. The van der Waals surface area contributed by atoms with Crippen LogP contribution in [0.5, 0.6) is 5.75 Å². The lowest BCUT2D eigenvalue weighted by Crippen LogP contribution is -2.38. The molecule has 1 fully saturated rings. The first-order valence-corrected chi connectivity index (χ1v) is 13.8. The second-order valence-electron chi connectivity index (χ2n) is 9.15. The third-order valence-electron chi connectivity index (χ3n) is 6.44. The number of aromatic nitrogens is 1. The van der Waals surface area contributed by atoms with Gasteiger partial charge in [0.2, 0.25) is 0 Å². The van der Waals surface area contributed by atoms with Crippen LogP contribution in [0.25, 0.3) is 21.0 Å². The summed E-state index contributed by atoms with van der Waals surface area (Å²) in [6.45, 7) is 7.64. The minimum atomic E-state index is 0.0295. The number of nitrogens with one attached hydrogen (secondary N) is 1. The van der Waals surface area contributed by atoms with E-state index < -0.39 is 0 Å². The molecule has 1 aliphatic carbocycles. The molecule has 7 heteroatoms. The number of ether oxygens (including phenoxy) is 1. The molecule has 2 aromatic carbocycles. The summed E-state index contributed by atoms with van der Waals surface area (Å²) in [6, 6.07) is 15.1. The zero-order chi connectivity index (χ0) is 23.5. The van der Waals surface area contributed by atoms with Gasteiger partial charge in [0, 0.05) is 30.1 Å². The molecular formula is C27H30N4OS2. The van der Waals surface area contributed by atoms with Crippen molar-refractivity contribution in [1.29, 1.82) is 5.26 Å². The van der Waals surface area contributed by atoms with Gasteiger partial charge in [-0.1, -0.05) is 30.1 Å². The fraction of sp³-hybridized carbons (Fsp3) is 0.407. The van der Waals surface area contributed by atoms with Crippen LogP contribution in [0.4, 0.5) is 0 Å². The van der Waals surface area contributed by atoms with Gasteiger partial charge in [0.1, 0.15) is 16.8 Å². The second-order valence-corrected chi connectivity index (χ2v) is 11.1. The van der Waals surface area contributed by atoms with Gasteiger partial charge in [-0.05, 0) is 81.1 Å². The summed E-state index contributed by atoms with van der Waals surface area (Å²) in [5.41, 5.74) is 5.65. The summed E-state index contributed by atoms with van der Waals surface area (Å²) in [5, 5.41) is 10.5. The summed E-state index contributed by atoms with van der Waals surface area (Å²) in [4.78, 5) is 8.40. The number of fused-ring (bicyclic) bond motifs is 1. The number of benzene rings is 2. The molecule has 34 heavy (non-hydrogen) atoms. The van der Waals surface area contributed by atoms with Crippen LogP contribution >= 0.6 is 23.3 Å². The van der Waals surface area contributed by atoms with Crippen molar-refractivity contribution in [3.63, 3.8) is 0 Å². The van der Waals surface area contributed by atoms with Gasteiger partial charge in [-0.25, -0.2) is 4.98 Å². The number of thiazole rings is 1. The molecular weight excluding hydrogens is 460 g/mol. The highest BCUT2D eigenvalue weighted by molar-refractivity contribution is 7.97. The smallest absolute Gasteiger partial charge is 0.137 e. The molecule has 0 radical (unpaired) electrons. The molecule has 2 heterocycles. The predicted octanol–water partition coefficient (Wildman–Crippen LogP) is 6.07. The third kappa shape index (κ3) is 5.01. The van der Waals surface area contributed by atoms with E-state index in [0.29, 0.717) is 17.4 Å². The van der Waals surface area contributed by atoms with E-state index in [0.717, 1.165) is 29.2 Å². The first-order valence-electron chi connectivity index (χ1n) is 12.0. The van der Waals surface area contributed by atoms with Crippen molar-refractivity contribution >= 4 is 23.3 Å². The molecule has 0 bridgehead atoms. The minimum Gasteiger partial charge on any atom is -0.490 e. The molecule has 1 aromatic heterocycles. The fourth-order valence-electron chi connectivity index (χ4n) is 4.59. The lowest BCUT2D eigenvalue weighted by Gasteiger charge is -2.30. The molecule has 0 spiro atoms. The van der Waals surface area contributed by atoms with Crippen LogP contribution in [0.2, 0.25) is 0 Å². The maximum atomic E-state index is 9.58. The molecule has 5 nitrogen and oxygen atoms in total. The molecule has 176 valence electrons. The van der Waals surface area contributed by atoms with Crippen LogP contribution in [-0.4, -0.2) is 41.4 Å². The van der Waals surface area contributed by atoms with E-state index in [1.165, 1.54) is 47.6 Å². The van der Waals surface area contributed by atoms with E-state index in [1.807, 2.05) is 50.2 Å². The summed E-state index contributed by atoms with van der Waals surface area (Å²) in [5.74, 6) is 1.76. The Kier molecular flexibility index (Phi) is 7.21. The molecule has 1 N–H and O–H groups in total. The Hall–Kier alpha value is -2.37. The van der Waals surface area contributed by atoms with Crippen LogP contribution in [0.1, 0.15) is 49.4 Å². The van der Waals surface area contributed by atoms with Crippen molar-refractivity contribution in [2.45, 2.75) is 45.3 Å². The summed E-state index contributed by atoms with van der Waals surface area (Å²) in [7, 11) is 0. The maximum absolute atomic E-state index is 9.58. The quantitative estimate of drug-likeness (QED) is 0.290. The molecule has 2 aliphatic rings. The Balaban J connectivity index is 1.31. The van der Waals surface area contributed by atoms with Crippen LogP contribution < -0.4 is 9.46 Å². The summed E-state index contributed by atoms with van der Waals surface area (Å²) >= 11 is 3.55. The van der Waals surface area contributed by atoms with Gasteiger partial charge >= 0.3 is 0 Å². The molecule has 0 saturated carbocycles. The standard InChI is InChI=1S/C27H30N4OS2/c1-18(2)32-25-10-7-19(15-20(25)16-28)27-29-17-26(34-27)23-6-3-5-22-21(23)8-9-24(22)30-33-14-13-31-11-4-12-31/h3,5-7,10,15,17-18,24,30H,4,8-9,11-14H2,1-2H3. The summed E-state index contributed by atoms with van der Waals surface area (Å²) < 4.78 is 9.49. The number of nitrogens with zero attached hydrogens (tertiary/aromatic N) is 3. The van der Waals surface area contributed by atoms with Crippen molar-refractivity contribution < 1.29 is 4.74 Å². The van der Waals surface area contributed by atoms with E-state index in [1.54, 1.807) is 11.3 Å². The van der Waals surface area contributed by atoms with Crippen LogP contribution in [0.15, 0.2) is 42.6 Å². The van der Waals surface area contributed by atoms with Crippen molar-refractivity contribution in [3.8, 4) is 32.8 Å². The first kappa shape index (κ1) is 23.4. The van der Waals surface area contributed by atoms with Gasteiger partial charge in [0.05, 0.1) is 16.5 Å². The Labute approximate surface area is 210 Å². The van der Waals surface area contributed by atoms with Crippen LogP contribution in [0, 0.1) is 11.3 Å². The Morgan fingerprint density at radius 1 is 1.29 bits per heavy atom. The van der Waals surface area contributed by atoms with E-state index in [2.05, 4.69) is 33.9 Å². The van der Waals surface area contributed by atoms with E-state index >= 15 is 0 Å². The largest absolute Gasteiger partial charge is 0.490 e. The van der Waals surface area contributed by atoms with Crippen LogP contribution in [0.3, 0.4) is 0 Å². The molecule has 1 unspecified atom stereocenters. The maximum Gasteiger partial charge on any atom is 0.137 e. The first-order chi connectivity index (χ1) is 16.6. The minimum absolute atomic E-state index is 0.0295. The number of rotatable bonds is 9. The lowest BCUT2D eigenvalue weighted by atomic mass is 10.0. The third-order valence-corrected chi connectivity index (χ3v) is 8.35. The van der Waals surface area contributed by atoms with Gasteiger partial charge in [0.25, 0.3) is 0 Å². The fourth-order valence-corrected chi connectivity index (χ4v) is 6.46. The number of likely N-dealkylation sites (tertiary alicyclic amines) is 1. The van der Waals surface area contributed by atoms with Gasteiger partial charge in [0.15, 0.2) is 0 Å². The lowest BCUT2D eigenvalue weighted by molar-refractivity contribution is 0.194. The Morgan fingerprint density at radius 3 is 2.94 bits per heavy atom. The van der Waals surface area contributed by atoms with E-state index in [-0.39, 0.29) is 6.10 Å². The zero-order valence-electron chi connectivity index (χ0n) is 19.7. The topological polar surface area (TPSA) is 61.2 Å². The Bertz CT molecular complexity index is 1200. The molecule has 0 amide bonds. The highest BCUT2D eigenvalue weighted by Crippen LogP contribution is 2.41. The highest BCUT2D eigenvalue weighted by atomic mass is 32.2. The molecule has 5 rings (SSSR count). The average Bonchev–Trinajstić information content (AvgIpc) is 3.45. The average molecular weight is 491 g/mol. The molecule has 1 aliphatic heterocycles. The van der Waals surface area contributed by atoms with E-state index in [9.17, 15) is 5.26 Å². The van der Waals surface area contributed by atoms with Crippen molar-refractivity contribution in [1.82, 2.24) is 14.6 Å². The number of hydrogen-bond acceptors (Lipinski definition) is 7. The van der Waals surface area contributed by atoms with Gasteiger partial charge < -0.3 is 9.64 Å².